The fraction of sp³-hybridized carbons (Fsp3) is 0.533. The lowest BCUT2D eigenvalue weighted by Gasteiger charge is -2.16. The van der Waals surface area contributed by atoms with Gasteiger partial charge in [0, 0.05) is 11.8 Å². The van der Waals surface area contributed by atoms with Gasteiger partial charge in [0.15, 0.2) is 0 Å². The molecule has 1 aliphatic carbocycles. The summed E-state index contributed by atoms with van der Waals surface area (Å²) >= 11 is 0. The smallest absolute Gasteiger partial charge is 0.304 e. The Morgan fingerprint density at radius 3 is 2.72 bits per heavy atom. The summed E-state index contributed by atoms with van der Waals surface area (Å²) in [4.78, 5) is 10.9. The summed E-state index contributed by atoms with van der Waals surface area (Å²) in [5, 5.41) is 9.00. The number of carboxylic acid groups (broad SMARTS) is 1. The fourth-order valence-electron chi connectivity index (χ4n) is 2.95. The number of hydrogen-bond donors (Lipinski definition) is 1. The van der Waals surface area contributed by atoms with E-state index in [4.69, 9.17) is 9.84 Å². The third-order valence-electron chi connectivity index (χ3n) is 4.02. The predicted molar refractivity (Wildman–Crippen MR) is 68.0 cm³/mol. The van der Waals surface area contributed by atoms with Crippen molar-refractivity contribution >= 4 is 5.97 Å². The molecule has 0 saturated heterocycles. The maximum Gasteiger partial charge on any atom is 0.304 e. The van der Waals surface area contributed by atoms with Crippen LogP contribution < -0.4 is 4.74 Å². The van der Waals surface area contributed by atoms with Gasteiger partial charge in [0.05, 0.1) is 6.42 Å². The third kappa shape index (κ3) is 1.88. The van der Waals surface area contributed by atoms with Crippen molar-refractivity contribution in [3.63, 3.8) is 0 Å². The van der Waals surface area contributed by atoms with Crippen molar-refractivity contribution in [2.24, 2.45) is 0 Å². The van der Waals surface area contributed by atoms with Crippen molar-refractivity contribution in [3.05, 3.63) is 29.3 Å². The van der Waals surface area contributed by atoms with Gasteiger partial charge in [-0.3, -0.25) is 4.79 Å². The summed E-state index contributed by atoms with van der Waals surface area (Å²) in [6.07, 6.45) is 3.13. The van der Waals surface area contributed by atoms with Crippen LogP contribution in [0.5, 0.6) is 5.75 Å². The summed E-state index contributed by atoms with van der Waals surface area (Å²) in [6, 6.07) is 6.19. The first kappa shape index (κ1) is 11.6. The van der Waals surface area contributed by atoms with E-state index in [2.05, 4.69) is 19.9 Å². The first-order valence-corrected chi connectivity index (χ1v) is 6.45. The predicted octanol–water partition coefficient (Wildman–Crippen LogP) is 2.91. The van der Waals surface area contributed by atoms with Crippen LogP contribution in [0.4, 0.5) is 0 Å². The highest BCUT2D eigenvalue weighted by Gasteiger charge is 2.46. The second kappa shape index (κ2) is 3.50. The Morgan fingerprint density at radius 2 is 2.11 bits per heavy atom. The molecule has 2 aliphatic rings. The fourth-order valence-corrected chi connectivity index (χ4v) is 2.95. The molecule has 1 aromatic rings. The Balaban J connectivity index is 1.91. The van der Waals surface area contributed by atoms with Gasteiger partial charge >= 0.3 is 5.97 Å². The van der Waals surface area contributed by atoms with Gasteiger partial charge in [0.25, 0.3) is 0 Å². The minimum atomic E-state index is -0.704. The number of fused-ring (bicyclic) bond motifs is 1. The van der Waals surface area contributed by atoms with E-state index in [1.54, 1.807) is 0 Å². The molecule has 0 radical (unpaired) electrons. The quantitative estimate of drug-likeness (QED) is 0.892. The largest absolute Gasteiger partial charge is 0.487 e. The number of carbonyl (C=O) groups is 1. The minimum Gasteiger partial charge on any atom is -0.487 e. The van der Waals surface area contributed by atoms with E-state index in [0.717, 1.165) is 25.0 Å². The Morgan fingerprint density at radius 1 is 1.39 bits per heavy atom. The van der Waals surface area contributed by atoms with E-state index in [0.29, 0.717) is 0 Å². The molecule has 96 valence electrons. The van der Waals surface area contributed by atoms with Crippen LogP contribution in [0.1, 0.15) is 44.2 Å². The van der Waals surface area contributed by atoms with E-state index in [9.17, 15) is 4.79 Å². The zero-order valence-electron chi connectivity index (χ0n) is 10.8. The molecule has 3 nitrogen and oxygen atoms in total. The monoisotopic (exact) mass is 246 g/mol. The van der Waals surface area contributed by atoms with E-state index >= 15 is 0 Å². The van der Waals surface area contributed by atoms with Crippen molar-refractivity contribution in [1.29, 1.82) is 0 Å². The summed E-state index contributed by atoms with van der Waals surface area (Å²) < 4.78 is 5.85. The number of carboxylic acids is 1. The molecule has 18 heavy (non-hydrogen) atoms. The topological polar surface area (TPSA) is 46.5 Å². The highest BCUT2D eigenvalue weighted by Crippen LogP contribution is 2.52. The van der Waals surface area contributed by atoms with Gasteiger partial charge in [-0.15, -0.1) is 0 Å². The molecule has 1 heterocycles. The van der Waals surface area contributed by atoms with Gasteiger partial charge in [-0.25, -0.2) is 0 Å². The van der Waals surface area contributed by atoms with E-state index in [1.165, 1.54) is 11.1 Å². The second-order valence-corrected chi connectivity index (χ2v) is 6.21. The average Bonchev–Trinajstić information content (AvgIpc) is 2.92. The lowest BCUT2D eigenvalue weighted by Crippen LogP contribution is -2.24. The number of ether oxygens (including phenoxy) is 1. The highest BCUT2D eigenvalue weighted by atomic mass is 16.5. The normalized spacial score (nSPS) is 22.1. The van der Waals surface area contributed by atoms with E-state index in [-0.39, 0.29) is 17.4 Å². The van der Waals surface area contributed by atoms with Gasteiger partial charge in [0.1, 0.15) is 11.4 Å². The molecule has 1 aromatic carbocycles. The molecule has 1 aliphatic heterocycles. The summed E-state index contributed by atoms with van der Waals surface area (Å²) in [5.74, 6) is 0.249. The molecule has 0 spiro atoms. The molecule has 1 saturated carbocycles. The average molecular weight is 246 g/mol. The Kier molecular flexibility index (Phi) is 2.25. The van der Waals surface area contributed by atoms with Crippen molar-refractivity contribution < 1.29 is 14.6 Å². The number of benzene rings is 1. The minimum absolute atomic E-state index is 0.104. The maximum absolute atomic E-state index is 10.9. The lowest BCUT2D eigenvalue weighted by molar-refractivity contribution is -0.137. The Labute approximate surface area is 107 Å². The van der Waals surface area contributed by atoms with Crippen LogP contribution >= 0.6 is 0 Å². The van der Waals surface area contributed by atoms with Crippen molar-refractivity contribution in [2.75, 3.05) is 0 Å². The first-order valence-electron chi connectivity index (χ1n) is 6.45. The SMILES string of the molecule is CC1(C)Cc2cc(C3(CC(=O)O)CC3)ccc2O1. The van der Waals surface area contributed by atoms with E-state index in [1.807, 2.05) is 12.1 Å². The van der Waals surface area contributed by atoms with Gasteiger partial charge in [0.2, 0.25) is 0 Å². The Hall–Kier alpha value is -1.51. The van der Waals surface area contributed by atoms with Crippen molar-refractivity contribution in [2.45, 2.75) is 50.5 Å². The molecule has 0 unspecified atom stereocenters. The number of hydrogen-bond acceptors (Lipinski definition) is 2. The molecule has 0 amide bonds. The number of rotatable bonds is 3. The second-order valence-electron chi connectivity index (χ2n) is 6.21. The highest BCUT2D eigenvalue weighted by molar-refractivity contribution is 5.70. The van der Waals surface area contributed by atoms with Crippen LogP contribution in [0.2, 0.25) is 0 Å². The first-order chi connectivity index (χ1) is 8.40. The van der Waals surface area contributed by atoms with Crippen LogP contribution in [0.15, 0.2) is 18.2 Å². The molecule has 1 fully saturated rings. The standard InChI is InChI=1S/C15H18O3/c1-14(2)8-10-7-11(3-4-12(10)18-14)15(5-6-15)9-13(16)17/h3-4,7H,5-6,8-9H2,1-2H3,(H,16,17). The molecular formula is C15H18O3. The van der Waals surface area contributed by atoms with Gasteiger partial charge in [-0.2, -0.15) is 0 Å². The van der Waals surface area contributed by atoms with Gasteiger partial charge in [-0.1, -0.05) is 12.1 Å². The van der Waals surface area contributed by atoms with Crippen LogP contribution in [-0.4, -0.2) is 16.7 Å². The molecule has 0 bridgehead atoms. The third-order valence-corrected chi connectivity index (χ3v) is 4.02. The molecule has 0 aromatic heterocycles. The summed E-state index contributed by atoms with van der Waals surface area (Å²) in [5.41, 5.74) is 2.15. The summed E-state index contributed by atoms with van der Waals surface area (Å²) in [7, 11) is 0. The Bertz CT molecular complexity index is 512. The zero-order valence-corrected chi connectivity index (χ0v) is 10.8. The maximum atomic E-state index is 10.9. The zero-order chi connectivity index (χ0) is 13.0. The summed E-state index contributed by atoms with van der Waals surface area (Å²) in [6.45, 7) is 4.16. The molecule has 0 atom stereocenters. The molecule has 3 heteroatoms. The lowest BCUT2D eigenvalue weighted by atomic mass is 9.90. The van der Waals surface area contributed by atoms with E-state index < -0.39 is 5.97 Å². The van der Waals surface area contributed by atoms with Gasteiger partial charge in [-0.05, 0) is 43.9 Å². The van der Waals surface area contributed by atoms with Gasteiger partial charge < -0.3 is 9.84 Å². The van der Waals surface area contributed by atoms with Crippen LogP contribution in [0.25, 0.3) is 0 Å². The molecular weight excluding hydrogens is 228 g/mol. The van der Waals surface area contributed by atoms with Crippen molar-refractivity contribution in [3.8, 4) is 5.75 Å². The molecule has 3 rings (SSSR count). The number of aliphatic carboxylic acids is 1. The van der Waals surface area contributed by atoms with Crippen molar-refractivity contribution in [1.82, 2.24) is 0 Å². The van der Waals surface area contributed by atoms with Crippen LogP contribution in [-0.2, 0) is 16.6 Å². The van der Waals surface area contributed by atoms with Crippen LogP contribution in [0, 0.1) is 0 Å². The molecule has 1 N–H and O–H groups in total. The van der Waals surface area contributed by atoms with Crippen LogP contribution in [0.3, 0.4) is 0 Å².